The lowest BCUT2D eigenvalue weighted by atomic mass is 10.4. The molecule has 0 spiro atoms. The predicted molar refractivity (Wildman–Crippen MR) is 36.8 cm³/mol. The molecule has 0 heterocycles. The van der Waals surface area contributed by atoms with Gasteiger partial charge in [-0.15, -0.1) is 0 Å². The highest BCUT2D eigenvalue weighted by Gasteiger charge is 2.02. The third-order valence-electron chi connectivity index (χ3n) is 0.503. The largest absolute Gasteiger partial charge is 0.235 e. The van der Waals surface area contributed by atoms with Crippen molar-refractivity contribution in [2.24, 2.45) is 0 Å². The van der Waals surface area contributed by atoms with Crippen LogP contribution in [0.1, 0.15) is 13.3 Å². The highest BCUT2D eigenvalue weighted by atomic mass is 79.9. The summed E-state index contributed by atoms with van der Waals surface area (Å²) in [6.07, 6.45) is 0.528. The van der Waals surface area contributed by atoms with Gasteiger partial charge in [-0.05, 0) is 0 Å². The molecule has 0 saturated heterocycles. The second kappa shape index (κ2) is 3.84. The lowest BCUT2D eigenvalue weighted by molar-refractivity contribution is 0.440. The summed E-state index contributed by atoms with van der Waals surface area (Å²) in [5, 5.41) is -0.859. The lowest BCUT2D eigenvalue weighted by Gasteiger charge is -1.99. The fourth-order valence-corrected chi connectivity index (χ4v) is 1.64. The summed E-state index contributed by atoms with van der Waals surface area (Å²) < 4.78 is 11.8. The quantitative estimate of drug-likeness (QED) is 0.644. The van der Waals surface area contributed by atoms with E-state index in [4.69, 9.17) is 0 Å². The summed E-state index contributed by atoms with van der Waals surface area (Å²) in [6.45, 7) is 1.91. The van der Waals surface area contributed by atoms with Crippen LogP contribution in [0, 0.1) is 0 Å². The van der Waals surface area contributed by atoms with Crippen LogP contribution < -0.4 is 0 Å². The van der Waals surface area contributed by atoms with Gasteiger partial charge in [0, 0.05) is 11.2 Å². The second-order valence-corrected chi connectivity index (χ2v) is 3.96. The van der Waals surface area contributed by atoms with Gasteiger partial charge in [-0.3, -0.25) is 0 Å². The van der Waals surface area contributed by atoms with E-state index < -0.39 is 5.08 Å². The Bertz CT molecular complexity index is 39.0. The Balaban J connectivity index is 2.95. The van der Waals surface area contributed by atoms with Crippen molar-refractivity contribution in [3.63, 3.8) is 0 Å². The van der Waals surface area contributed by atoms with Crippen molar-refractivity contribution in [2.75, 3.05) is 0 Å². The van der Waals surface area contributed by atoms with E-state index in [2.05, 4.69) is 31.9 Å². The van der Waals surface area contributed by atoms with Gasteiger partial charge in [0.2, 0.25) is 0 Å². The molecule has 44 valence electrons. The molecule has 0 bridgehead atoms. The zero-order valence-corrected chi connectivity index (χ0v) is 7.17. The van der Waals surface area contributed by atoms with Gasteiger partial charge >= 0.3 is 0 Å². The standard InChI is InChI=1S/C4H7Br2F/c1-3(5)2-4(6)7/h3-4H,2H2,1H3. The third-order valence-corrected chi connectivity index (χ3v) is 1.25. The fourth-order valence-electron chi connectivity index (χ4n) is 0.246. The van der Waals surface area contributed by atoms with Crippen LogP contribution in [-0.2, 0) is 0 Å². The van der Waals surface area contributed by atoms with E-state index >= 15 is 0 Å². The van der Waals surface area contributed by atoms with E-state index in [1.54, 1.807) is 0 Å². The molecule has 0 nitrogen and oxygen atoms in total. The summed E-state index contributed by atoms with van der Waals surface area (Å²) in [6, 6.07) is 0. The molecule has 0 saturated carbocycles. The van der Waals surface area contributed by atoms with E-state index in [1.165, 1.54) is 0 Å². The Morgan fingerprint density at radius 1 is 1.57 bits per heavy atom. The topological polar surface area (TPSA) is 0 Å². The molecule has 0 amide bonds. The average Bonchev–Trinajstić information content (AvgIpc) is 1.27. The molecule has 0 aromatic carbocycles. The van der Waals surface area contributed by atoms with Crippen LogP contribution in [0.3, 0.4) is 0 Å². The summed E-state index contributed by atoms with van der Waals surface area (Å²) in [7, 11) is 0. The van der Waals surface area contributed by atoms with Crippen LogP contribution in [0.25, 0.3) is 0 Å². The number of alkyl halides is 3. The summed E-state index contributed by atoms with van der Waals surface area (Å²) >= 11 is 5.98. The van der Waals surface area contributed by atoms with E-state index in [1.807, 2.05) is 6.92 Å². The summed E-state index contributed by atoms with van der Waals surface area (Å²) in [4.78, 5) is 0.266. The van der Waals surface area contributed by atoms with Gasteiger partial charge in [0.15, 0.2) is 5.08 Å². The highest BCUT2D eigenvalue weighted by Crippen LogP contribution is 2.13. The van der Waals surface area contributed by atoms with Gasteiger partial charge in [0.05, 0.1) is 0 Å². The maximum absolute atomic E-state index is 11.8. The number of halogens is 3. The Labute approximate surface area is 59.7 Å². The van der Waals surface area contributed by atoms with E-state index in [-0.39, 0.29) is 4.83 Å². The molecule has 0 radical (unpaired) electrons. The summed E-state index contributed by atoms with van der Waals surface area (Å²) in [5.41, 5.74) is 0. The first-order valence-electron chi connectivity index (χ1n) is 2.05. The van der Waals surface area contributed by atoms with Crippen molar-refractivity contribution >= 4 is 31.9 Å². The van der Waals surface area contributed by atoms with Crippen molar-refractivity contribution in [1.29, 1.82) is 0 Å². The fraction of sp³-hybridized carbons (Fsp3) is 1.00. The maximum Gasteiger partial charge on any atom is 0.156 e. The second-order valence-electron chi connectivity index (χ2n) is 1.41. The highest BCUT2D eigenvalue weighted by molar-refractivity contribution is 9.10. The van der Waals surface area contributed by atoms with Crippen LogP contribution in [0.2, 0.25) is 0 Å². The monoisotopic (exact) mass is 232 g/mol. The Morgan fingerprint density at radius 3 is 2.00 bits per heavy atom. The molecule has 0 aliphatic rings. The molecule has 0 aliphatic carbocycles. The molecule has 0 N–H and O–H groups in total. The molecule has 0 aliphatic heterocycles. The van der Waals surface area contributed by atoms with Gasteiger partial charge in [0.25, 0.3) is 0 Å². The minimum absolute atomic E-state index is 0.266. The molecular formula is C4H7Br2F. The predicted octanol–water partition coefficient (Wildman–Crippen LogP) is 2.85. The van der Waals surface area contributed by atoms with Crippen molar-refractivity contribution in [2.45, 2.75) is 23.3 Å². The third kappa shape index (κ3) is 6.89. The first-order chi connectivity index (χ1) is 3.13. The van der Waals surface area contributed by atoms with Crippen LogP contribution in [-0.4, -0.2) is 9.91 Å². The van der Waals surface area contributed by atoms with Crippen molar-refractivity contribution in [1.82, 2.24) is 0 Å². The molecule has 3 heteroatoms. The zero-order chi connectivity index (χ0) is 5.86. The molecule has 0 aromatic heterocycles. The van der Waals surface area contributed by atoms with E-state index in [0.29, 0.717) is 6.42 Å². The van der Waals surface area contributed by atoms with Gasteiger partial charge in [-0.25, -0.2) is 4.39 Å². The van der Waals surface area contributed by atoms with Gasteiger partial charge in [-0.1, -0.05) is 38.8 Å². The van der Waals surface area contributed by atoms with Crippen LogP contribution in [0.5, 0.6) is 0 Å². The molecule has 0 rings (SSSR count). The van der Waals surface area contributed by atoms with Crippen molar-refractivity contribution < 1.29 is 4.39 Å². The lowest BCUT2D eigenvalue weighted by Crippen LogP contribution is -1.96. The minimum atomic E-state index is -0.859. The Hall–Kier alpha value is 0.890. The van der Waals surface area contributed by atoms with Gasteiger partial charge in [0.1, 0.15) is 0 Å². The summed E-state index contributed by atoms with van der Waals surface area (Å²) in [5.74, 6) is 0. The number of hydrogen-bond acceptors (Lipinski definition) is 0. The minimum Gasteiger partial charge on any atom is -0.235 e. The van der Waals surface area contributed by atoms with Crippen LogP contribution >= 0.6 is 31.9 Å². The van der Waals surface area contributed by atoms with Crippen molar-refractivity contribution in [3.8, 4) is 0 Å². The van der Waals surface area contributed by atoms with Crippen LogP contribution in [0.15, 0.2) is 0 Å². The van der Waals surface area contributed by atoms with Crippen molar-refractivity contribution in [3.05, 3.63) is 0 Å². The molecule has 7 heavy (non-hydrogen) atoms. The maximum atomic E-state index is 11.8. The Morgan fingerprint density at radius 2 is 2.00 bits per heavy atom. The molecule has 0 aromatic rings. The first-order valence-corrected chi connectivity index (χ1v) is 3.88. The van der Waals surface area contributed by atoms with E-state index in [9.17, 15) is 4.39 Å². The number of rotatable bonds is 2. The average molecular weight is 234 g/mol. The first kappa shape index (κ1) is 7.89. The SMILES string of the molecule is CC(Br)CC(F)Br. The molecule has 2 unspecified atom stereocenters. The van der Waals surface area contributed by atoms with E-state index in [0.717, 1.165) is 0 Å². The van der Waals surface area contributed by atoms with Gasteiger partial charge in [-0.2, -0.15) is 0 Å². The normalized spacial score (nSPS) is 18.9. The molecule has 2 atom stereocenters. The molecule has 0 fully saturated rings. The van der Waals surface area contributed by atoms with Gasteiger partial charge < -0.3 is 0 Å². The zero-order valence-electron chi connectivity index (χ0n) is 4.00. The number of hydrogen-bond donors (Lipinski definition) is 0. The molecular weight excluding hydrogens is 227 g/mol. The Kier molecular flexibility index (Phi) is 4.33. The van der Waals surface area contributed by atoms with Crippen LogP contribution in [0.4, 0.5) is 4.39 Å². The smallest absolute Gasteiger partial charge is 0.156 e.